The molecule has 9 heteroatoms. The molecule has 0 saturated carbocycles. The summed E-state index contributed by atoms with van der Waals surface area (Å²) in [6, 6.07) is 10.2. The first kappa shape index (κ1) is 22.7. The van der Waals surface area contributed by atoms with Gasteiger partial charge in [0, 0.05) is 30.2 Å². The van der Waals surface area contributed by atoms with E-state index in [1.807, 2.05) is 30.9 Å². The molecule has 7 nitrogen and oxygen atoms in total. The minimum Gasteiger partial charge on any atom is -0.343 e. The second-order valence-electron chi connectivity index (χ2n) is 8.37. The van der Waals surface area contributed by atoms with Gasteiger partial charge < -0.3 is 10.2 Å². The van der Waals surface area contributed by atoms with Crippen LogP contribution in [0.3, 0.4) is 0 Å². The summed E-state index contributed by atoms with van der Waals surface area (Å²) in [4.78, 5) is 28.0. The second kappa shape index (κ2) is 9.15. The third kappa shape index (κ3) is 4.94. The van der Waals surface area contributed by atoms with Crippen LogP contribution in [0.25, 0.3) is 0 Å². The topological polar surface area (TPSA) is 95.6 Å². The molecule has 1 unspecified atom stereocenters. The van der Waals surface area contributed by atoms with Crippen LogP contribution < -0.4 is 10.0 Å². The first-order valence-corrected chi connectivity index (χ1v) is 13.2. The fraction of sp³-hybridized carbons (Fsp3) is 0.391. The van der Waals surface area contributed by atoms with E-state index in [-0.39, 0.29) is 23.1 Å². The lowest BCUT2D eigenvalue weighted by atomic mass is 10.1. The molecule has 0 radical (unpaired) electrons. The Labute approximate surface area is 193 Å². The van der Waals surface area contributed by atoms with Gasteiger partial charge in [0.15, 0.2) is 0 Å². The van der Waals surface area contributed by atoms with Crippen molar-refractivity contribution >= 4 is 45.0 Å². The highest BCUT2D eigenvalue weighted by molar-refractivity contribution is 7.99. The highest BCUT2D eigenvalue weighted by atomic mass is 32.2. The normalized spacial score (nSPS) is 18.6. The van der Waals surface area contributed by atoms with Gasteiger partial charge in [-0.2, -0.15) is 0 Å². The van der Waals surface area contributed by atoms with Gasteiger partial charge in [0.05, 0.1) is 22.2 Å². The van der Waals surface area contributed by atoms with Crippen molar-refractivity contribution < 1.29 is 18.0 Å². The van der Waals surface area contributed by atoms with Crippen LogP contribution in [0, 0.1) is 19.8 Å². The highest BCUT2D eigenvalue weighted by Gasteiger charge is 2.30. The van der Waals surface area contributed by atoms with Crippen molar-refractivity contribution in [3.8, 4) is 0 Å². The number of carbonyl (C=O) groups excluding carboxylic acids is 2. The van der Waals surface area contributed by atoms with E-state index in [1.165, 1.54) is 17.8 Å². The maximum absolute atomic E-state index is 13.0. The number of anilines is 2. The largest absolute Gasteiger partial charge is 0.343 e. The van der Waals surface area contributed by atoms with Crippen LogP contribution in [0.15, 0.2) is 46.2 Å². The molecule has 0 spiro atoms. The zero-order chi connectivity index (χ0) is 22.9. The molecule has 2 heterocycles. The number of hydrogen-bond donors (Lipinski definition) is 2. The molecular weight excluding hydrogens is 446 g/mol. The first-order valence-electron chi connectivity index (χ1n) is 10.7. The summed E-state index contributed by atoms with van der Waals surface area (Å²) in [5, 5.41) is 2.84. The number of amides is 2. The minimum absolute atomic E-state index is 0.00939. The van der Waals surface area contributed by atoms with Crippen LogP contribution in [0.2, 0.25) is 0 Å². The van der Waals surface area contributed by atoms with E-state index in [1.54, 1.807) is 18.2 Å². The minimum atomic E-state index is -3.83. The molecule has 32 heavy (non-hydrogen) atoms. The molecule has 2 N–H and O–H groups in total. The van der Waals surface area contributed by atoms with Crippen molar-refractivity contribution in [2.45, 2.75) is 42.9 Å². The molecule has 1 atom stereocenters. The lowest BCUT2D eigenvalue weighted by Crippen LogP contribution is -2.33. The van der Waals surface area contributed by atoms with Crippen LogP contribution >= 0.6 is 11.8 Å². The summed E-state index contributed by atoms with van der Waals surface area (Å²) >= 11 is 1.46. The Morgan fingerprint density at radius 1 is 1.16 bits per heavy atom. The van der Waals surface area contributed by atoms with E-state index in [2.05, 4.69) is 10.0 Å². The number of rotatable bonds is 5. The van der Waals surface area contributed by atoms with Gasteiger partial charge in [-0.3, -0.25) is 14.3 Å². The summed E-state index contributed by atoms with van der Waals surface area (Å²) < 4.78 is 28.6. The van der Waals surface area contributed by atoms with Gasteiger partial charge in [-0.05, 0) is 56.5 Å². The van der Waals surface area contributed by atoms with Crippen molar-refractivity contribution in [3.05, 3.63) is 47.5 Å². The number of likely N-dealkylation sites (tertiary alicyclic amines) is 1. The molecule has 2 aromatic rings. The number of sulfonamides is 1. The highest BCUT2D eigenvalue weighted by Crippen LogP contribution is 2.35. The lowest BCUT2D eigenvalue weighted by molar-refractivity contribution is -0.133. The third-order valence-corrected chi connectivity index (χ3v) is 8.44. The van der Waals surface area contributed by atoms with Crippen LogP contribution in [-0.2, 0) is 19.6 Å². The standard InChI is InChI=1S/C23H27N3O4S2/c1-15-5-7-19(16(2)11-15)25-32(29,30)18-6-8-21-20(13-18)24-23(28)17(14-31-21)12-22(27)26-9-3-4-10-26/h5-8,11,13,17,25H,3-4,9-10,12,14H2,1-2H3,(H,24,28). The Bertz CT molecular complexity index is 1160. The maximum Gasteiger partial charge on any atom is 0.261 e. The number of carbonyl (C=O) groups is 2. The molecule has 0 aliphatic carbocycles. The van der Waals surface area contributed by atoms with E-state index in [4.69, 9.17) is 0 Å². The van der Waals surface area contributed by atoms with Crippen molar-refractivity contribution in [2.24, 2.45) is 5.92 Å². The van der Waals surface area contributed by atoms with E-state index in [0.29, 0.717) is 17.1 Å². The van der Waals surface area contributed by atoms with Crippen molar-refractivity contribution in [1.82, 2.24) is 4.90 Å². The van der Waals surface area contributed by atoms with Crippen molar-refractivity contribution in [3.63, 3.8) is 0 Å². The van der Waals surface area contributed by atoms with E-state index in [9.17, 15) is 18.0 Å². The number of fused-ring (bicyclic) bond motifs is 1. The molecule has 2 aliphatic heterocycles. The zero-order valence-electron chi connectivity index (χ0n) is 18.2. The third-order valence-electron chi connectivity index (χ3n) is 5.84. The van der Waals surface area contributed by atoms with Crippen LogP contribution in [0.4, 0.5) is 11.4 Å². The Kier molecular flexibility index (Phi) is 6.48. The molecule has 1 fully saturated rings. The van der Waals surface area contributed by atoms with Crippen LogP contribution in [0.1, 0.15) is 30.4 Å². The number of aryl methyl sites for hydroxylation is 2. The molecule has 4 rings (SSSR count). The van der Waals surface area contributed by atoms with E-state index < -0.39 is 15.9 Å². The lowest BCUT2D eigenvalue weighted by Gasteiger charge is -2.18. The molecule has 170 valence electrons. The molecule has 2 aromatic carbocycles. The number of hydrogen-bond acceptors (Lipinski definition) is 5. The molecule has 2 aliphatic rings. The smallest absolute Gasteiger partial charge is 0.261 e. The maximum atomic E-state index is 13.0. The van der Waals surface area contributed by atoms with Gasteiger partial charge in [-0.1, -0.05) is 17.7 Å². The second-order valence-corrected chi connectivity index (χ2v) is 11.1. The molecule has 0 bridgehead atoms. The summed E-state index contributed by atoms with van der Waals surface area (Å²) in [7, 11) is -3.83. The van der Waals surface area contributed by atoms with E-state index >= 15 is 0 Å². The predicted octanol–water partition coefficient (Wildman–Crippen LogP) is 3.78. The Hall–Kier alpha value is -2.52. The number of benzene rings is 2. The molecule has 0 aromatic heterocycles. The van der Waals surface area contributed by atoms with Crippen LogP contribution in [0.5, 0.6) is 0 Å². The SMILES string of the molecule is Cc1ccc(NS(=O)(=O)c2ccc3c(c2)NC(=O)C(CC(=O)N2CCCC2)CS3)c(C)c1. The number of nitrogens with zero attached hydrogens (tertiary/aromatic N) is 1. The summed E-state index contributed by atoms with van der Waals surface area (Å²) in [5.41, 5.74) is 2.86. The predicted molar refractivity (Wildman–Crippen MR) is 126 cm³/mol. The monoisotopic (exact) mass is 473 g/mol. The fourth-order valence-corrected chi connectivity index (χ4v) is 6.23. The fourth-order valence-electron chi connectivity index (χ4n) is 3.99. The van der Waals surface area contributed by atoms with Crippen LogP contribution in [-0.4, -0.2) is 44.0 Å². The van der Waals surface area contributed by atoms with Gasteiger partial charge in [-0.25, -0.2) is 8.42 Å². The Balaban J connectivity index is 1.50. The molecule has 2 amide bonds. The zero-order valence-corrected chi connectivity index (χ0v) is 19.8. The van der Waals surface area contributed by atoms with Gasteiger partial charge in [0.1, 0.15) is 0 Å². The summed E-state index contributed by atoms with van der Waals surface area (Å²) in [5.74, 6) is -0.213. The number of thioether (sulfide) groups is 1. The summed E-state index contributed by atoms with van der Waals surface area (Å²) in [6.45, 7) is 5.32. The van der Waals surface area contributed by atoms with Crippen molar-refractivity contribution in [1.29, 1.82) is 0 Å². The molecular formula is C23H27N3O4S2. The van der Waals surface area contributed by atoms with Gasteiger partial charge in [-0.15, -0.1) is 11.8 Å². The van der Waals surface area contributed by atoms with Gasteiger partial charge in [0.25, 0.3) is 10.0 Å². The first-order chi connectivity index (χ1) is 15.2. The quantitative estimate of drug-likeness (QED) is 0.689. The molecule has 1 saturated heterocycles. The number of nitrogens with one attached hydrogen (secondary N) is 2. The van der Waals surface area contributed by atoms with Gasteiger partial charge >= 0.3 is 0 Å². The average molecular weight is 474 g/mol. The Morgan fingerprint density at radius 3 is 2.62 bits per heavy atom. The van der Waals surface area contributed by atoms with Crippen molar-refractivity contribution in [2.75, 3.05) is 28.9 Å². The van der Waals surface area contributed by atoms with E-state index in [0.717, 1.165) is 42.0 Å². The Morgan fingerprint density at radius 2 is 1.91 bits per heavy atom. The van der Waals surface area contributed by atoms with Gasteiger partial charge in [0.2, 0.25) is 11.8 Å². The summed E-state index contributed by atoms with van der Waals surface area (Å²) in [6.07, 6.45) is 2.19. The average Bonchev–Trinajstić information content (AvgIpc) is 3.23.